The summed E-state index contributed by atoms with van der Waals surface area (Å²) in [5, 5.41) is 17.0. The third-order valence-electron chi connectivity index (χ3n) is 4.55. The first-order chi connectivity index (χ1) is 14.2. The number of hydrogen-bond acceptors (Lipinski definition) is 5. The molecule has 0 saturated heterocycles. The van der Waals surface area contributed by atoms with E-state index in [-0.39, 0.29) is 16.3 Å². The second-order valence-corrected chi connectivity index (χ2v) is 7.11. The molecular weight excluding hydrogens is 403 g/mol. The Morgan fingerprint density at radius 2 is 2.03 bits per heavy atom. The second-order valence-electron chi connectivity index (χ2n) is 6.70. The van der Waals surface area contributed by atoms with E-state index in [2.05, 4.69) is 21.8 Å². The van der Waals surface area contributed by atoms with E-state index in [4.69, 9.17) is 27.0 Å². The first kappa shape index (κ1) is 23.1. The highest BCUT2D eigenvalue weighted by molar-refractivity contribution is 6.31. The van der Waals surface area contributed by atoms with E-state index in [9.17, 15) is 0 Å². The molecule has 0 spiro atoms. The van der Waals surface area contributed by atoms with Crippen LogP contribution < -0.4 is 4.74 Å². The van der Waals surface area contributed by atoms with E-state index >= 15 is 4.39 Å². The monoisotopic (exact) mass is 424 g/mol. The normalized spacial score (nSPS) is 12.9. The van der Waals surface area contributed by atoms with Crippen molar-refractivity contribution in [3.05, 3.63) is 46.5 Å². The Balaban J connectivity index is 2.67. The fourth-order valence-electron chi connectivity index (χ4n) is 3.17. The van der Waals surface area contributed by atoms with Crippen LogP contribution in [0.25, 0.3) is 11.1 Å². The maximum Gasteiger partial charge on any atom is 0.153 e. The highest BCUT2D eigenvalue weighted by atomic mass is 35.5. The first-order valence-corrected chi connectivity index (χ1v) is 9.55. The minimum atomic E-state index is -0.660. The summed E-state index contributed by atoms with van der Waals surface area (Å²) < 4.78 is 20.6. The molecule has 1 heterocycles. The predicted molar refractivity (Wildman–Crippen MR) is 118 cm³/mol. The van der Waals surface area contributed by atoms with E-state index < -0.39 is 17.8 Å². The predicted octanol–water partition coefficient (Wildman–Crippen LogP) is 5.62. The Morgan fingerprint density at radius 3 is 2.60 bits per heavy atom. The molecule has 2 unspecified atom stereocenters. The van der Waals surface area contributed by atoms with Crippen molar-refractivity contribution in [3.63, 3.8) is 0 Å². The zero-order valence-electron chi connectivity index (χ0n) is 17.5. The van der Waals surface area contributed by atoms with Gasteiger partial charge in [-0.25, -0.2) is 4.39 Å². The van der Waals surface area contributed by atoms with Crippen LogP contribution in [-0.2, 0) is 0 Å². The van der Waals surface area contributed by atoms with Crippen LogP contribution in [0.5, 0.6) is 5.75 Å². The van der Waals surface area contributed by atoms with Crippen molar-refractivity contribution in [1.29, 1.82) is 10.7 Å². The van der Waals surface area contributed by atoms with Gasteiger partial charge in [0.1, 0.15) is 11.8 Å². The molecule has 0 aliphatic carbocycles. The van der Waals surface area contributed by atoms with Crippen LogP contribution >= 0.6 is 11.6 Å². The van der Waals surface area contributed by atoms with Gasteiger partial charge >= 0.3 is 0 Å². The number of hydrogen-bond donors (Lipinski definition) is 1. The maximum atomic E-state index is 15.0. The van der Waals surface area contributed by atoms with E-state index in [0.717, 1.165) is 0 Å². The largest absolute Gasteiger partial charge is 0.496 e. The molecule has 0 saturated carbocycles. The highest BCUT2D eigenvalue weighted by Gasteiger charge is 2.24. The van der Waals surface area contributed by atoms with Crippen LogP contribution in [-0.4, -0.2) is 23.5 Å². The Morgan fingerprint density at radius 1 is 1.33 bits per heavy atom. The Labute approximate surface area is 181 Å². The number of aliphatic imine (C=N–C) groups is 1. The first-order valence-electron chi connectivity index (χ1n) is 9.18. The molecule has 0 aliphatic rings. The van der Waals surface area contributed by atoms with Gasteiger partial charge in [0.05, 0.1) is 35.2 Å². The summed E-state index contributed by atoms with van der Waals surface area (Å²) in [7, 11) is 1.44. The van der Waals surface area contributed by atoms with Gasteiger partial charge in [-0.05, 0) is 39.8 Å². The fraction of sp³-hybridized carbons (Fsp3) is 0.304. The number of rotatable bonds is 6. The Hall–Kier alpha value is -3.22. The molecule has 0 aliphatic heterocycles. The molecule has 1 N–H and O–H groups in total. The molecule has 0 bridgehead atoms. The molecule has 7 heteroatoms. The lowest BCUT2D eigenvalue weighted by Crippen LogP contribution is -2.18. The summed E-state index contributed by atoms with van der Waals surface area (Å²) in [4.78, 5) is 8.69. The number of aromatic nitrogens is 1. The Bertz CT molecular complexity index is 1110. The van der Waals surface area contributed by atoms with Crippen molar-refractivity contribution in [3.8, 4) is 34.8 Å². The van der Waals surface area contributed by atoms with E-state index in [0.29, 0.717) is 28.1 Å². The van der Waals surface area contributed by atoms with Crippen molar-refractivity contribution in [2.75, 3.05) is 7.11 Å². The quantitative estimate of drug-likeness (QED) is 0.482. The summed E-state index contributed by atoms with van der Waals surface area (Å²) in [6.07, 6.45) is 2.84. The summed E-state index contributed by atoms with van der Waals surface area (Å²) in [6.45, 7) is 7.04. The summed E-state index contributed by atoms with van der Waals surface area (Å²) >= 11 is 6.19. The summed E-state index contributed by atoms with van der Waals surface area (Å²) in [5.74, 6) is 5.01. The van der Waals surface area contributed by atoms with Crippen molar-refractivity contribution in [1.82, 2.24) is 4.98 Å². The van der Waals surface area contributed by atoms with Gasteiger partial charge in [-0.3, -0.25) is 9.98 Å². The fourth-order valence-corrected chi connectivity index (χ4v) is 3.39. The van der Waals surface area contributed by atoms with Crippen LogP contribution in [0.1, 0.15) is 44.9 Å². The molecular formula is C23H22ClFN4O. The van der Waals surface area contributed by atoms with Gasteiger partial charge in [0.15, 0.2) is 5.82 Å². The van der Waals surface area contributed by atoms with E-state index in [1.165, 1.54) is 31.6 Å². The number of nitrogens with zero attached hydrogens (tertiary/aromatic N) is 3. The van der Waals surface area contributed by atoms with Gasteiger partial charge in [-0.15, -0.1) is 5.92 Å². The smallest absolute Gasteiger partial charge is 0.153 e. The number of nitrogens with one attached hydrogen (secondary N) is 1. The Kier molecular flexibility index (Phi) is 7.69. The summed E-state index contributed by atoms with van der Waals surface area (Å²) in [6, 6.07) is 4.57. The standard InChI is InChI=1S/C23H22ClFN4O/c1-6-7-18(13(2)27)14(3)29-15(4)19-9-20(24)22(25)21(23(19)30-5)17-8-16(10-26)11-28-12-17/h8-9,11-12,15,18,27H,1-5H3. The average molecular weight is 425 g/mol. The van der Waals surface area contributed by atoms with Gasteiger partial charge in [0, 0.05) is 34.9 Å². The average Bonchev–Trinajstić information content (AvgIpc) is 2.72. The third kappa shape index (κ3) is 4.84. The number of methoxy groups -OCH3 is 1. The van der Waals surface area contributed by atoms with E-state index in [1.807, 2.05) is 19.9 Å². The van der Waals surface area contributed by atoms with Crippen molar-refractivity contribution in [2.45, 2.75) is 33.7 Å². The number of benzene rings is 1. The molecule has 30 heavy (non-hydrogen) atoms. The number of nitriles is 1. The SMILES string of the molecule is CC#CC(C(C)=N)C(C)=NC(C)c1cc(Cl)c(F)c(-c2cncc(C#N)c2)c1OC. The van der Waals surface area contributed by atoms with Crippen LogP contribution in [0.4, 0.5) is 4.39 Å². The highest BCUT2D eigenvalue weighted by Crippen LogP contribution is 2.42. The lowest BCUT2D eigenvalue weighted by Gasteiger charge is -2.19. The molecule has 2 aromatic rings. The third-order valence-corrected chi connectivity index (χ3v) is 4.82. The zero-order chi connectivity index (χ0) is 22.4. The van der Waals surface area contributed by atoms with Gasteiger partial charge in [0.25, 0.3) is 0 Å². The number of ether oxygens (including phenoxy) is 1. The van der Waals surface area contributed by atoms with Gasteiger partial charge in [-0.1, -0.05) is 17.5 Å². The minimum absolute atomic E-state index is 0.0870. The van der Waals surface area contributed by atoms with Crippen molar-refractivity contribution >= 4 is 23.0 Å². The molecule has 154 valence electrons. The van der Waals surface area contributed by atoms with Gasteiger partial charge in [0.2, 0.25) is 0 Å². The molecule has 1 aromatic heterocycles. The maximum absolute atomic E-state index is 15.0. The lowest BCUT2D eigenvalue weighted by atomic mass is 9.96. The molecule has 1 aromatic carbocycles. The molecule has 2 rings (SSSR count). The van der Waals surface area contributed by atoms with Crippen LogP contribution in [0, 0.1) is 40.3 Å². The summed E-state index contributed by atoms with van der Waals surface area (Å²) in [5.41, 5.74) is 2.43. The molecule has 0 fully saturated rings. The van der Waals surface area contributed by atoms with Crippen LogP contribution in [0.15, 0.2) is 29.5 Å². The van der Waals surface area contributed by atoms with E-state index in [1.54, 1.807) is 13.8 Å². The molecule has 5 nitrogen and oxygen atoms in total. The lowest BCUT2D eigenvalue weighted by molar-refractivity contribution is 0.405. The van der Waals surface area contributed by atoms with Gasteiger partial charge in [-0.2, -0.15) is 5.26 Å². The molecule has 0 radical (unpaired) electrons. The van der Waals surface area contributed by atoms with Crippen molar-refractivity contribution < 1.29 is 9.13 Å². The van der Waals surface area contributed by atoms with Crippen LogP contribution in [0.3, 0.4) is 0 Å². The topological polar surface area (TPSA) is 82.1 Å². The van der Waals surface area contributed by atoms with Crippen molar-refractivity contribution in [2.24, 2.45) is 10.9 Å². The minimum Gasteiger partial charge on any atom is -0.496 e. The number of halogens is 2. The molecule has 2 atom stereocenters. The van der Waals surface area contributed by atoms with Gasteiger partial charge < -0.3 is 10.1 Å². The zero-order valence-corrected chi connectivity index (χ0v) is 18.2. The second kappa shape index (κ2) is 10.0. The van der Waals surface area contributed by atoms with Crippen LogP contribution in [0.2, 0.25) is 5.02 Å². The molecule has 0 amide bonds. The number of pyridine rings is 1.